The number of thiol groups is 1. The molecule has 0 spiro atoms. The van der Waals surface area contributed by atoms with Crippen LogP contribution in [-0.4, -0.2) is 11.8 Å². The molecule has 0 fully saturated rings. The predicted molar refractivity (Wildman–Crippen MR) is 45.9 cm³/mol. The van der Waals surface area contributed by atoms with Gasteiger partial charge in [-0.2, -0.15) is 12.6 Å². The van der Waals surface area contributed by atoms with Crippen LogP contribution in [0.4, 0.5) is 0 Å². The molecule has 9 heavy (non-hydrogen) atoms. The van der Waals surface area contributed by atoms with E-state index in [1.807, 2.05) is 6.92 Å². The summed E-state index contributed by atoms with van der Waals surface area (Å²) in [5.74, 6) is 0.911. The molecule has 0 saturated carbocycles. The molecule has 0 amide bonds. The summed E-state index contributed by atoms with van der Waals surface area (Å²) in [6.07, 6.45) is 1.05. The standard InChI is InChI=1S/C7H17NS/c1-6(8)4-7(2,3)5-9/h6,9H,4-5,8H2,1-3H3. The molecule has 1 unspecified atom stereocenters. The lowest BCUT2D eigenvalue weighted by atomic mass is 9.89. The van der Waals surface area contributed by atoms with Gasteiger partial charge in [-0.1, -0.05) is 13.8 Å². The summed E-state index contributed by atoms with van der Waals surface area (Å²) < 4.78 is 0. The molecule has 0 aromatic carbocycles. The molecule has 0 aromatic heterocycles. The Balaban J connectivity index is 3.58. The topological polar surface area (TPSA) is 26.0 Å². The van der Waals surface area contributed by atoms with Crippen molar-refractivity contribution < 1.29 is 0 Å². The summed E-state index contributed by atoms with van der Waals surface area (Å²) in [6, 6.07) is 0.298. The molecule has 2 heteroatoms. The van der Waals surface area contributed by atoms with Gasteiger partial charge in [0.1, 0.15) is 0 Å². The maximum Gasteiger partial charge on any atom is 0.00158 e. The van der Waals surface area contributed by atoms with Gasteiger partial charge in [-0.05, 0) is 24.5 Å². The Morgan fingerprint density at radius 2 is 2.00 bits per heavy atom. The van der Waals surface area contributed by atoms with Crippen molar-refractivity contribution in [2.24, 2.45) is 11.1 Å². The van der Waals surface area contributed by atoms with Gasteiger partial charge in [-0.25, -0.2) is 0 Å². The maximum absolute atomic E-state index is 5.62. The molecule has 0 saturated heterocycles. The van der Waals surface area contributed by atoms with Crippen LogP contribution in [0, 0.1) is 5.41 Å². The second-order valence-corrected chi connectivity index (χ2v) is 3.82. The minimum absolute atomic E-state index is 0.298. The Morgan fingerprint density at radius 3 is 2.11 bits per heavy atom. The van der Waals surface area contributed by atoms with E-state index in [4.69, 9.17) is 5.73 Å². The van der Waals surface area contributed by atoms with Crippen LogP contribution in [0.2, 0.25) is 0 Å². The van der Waals surface area contributed by atoms with E-state index in [9.17, 15) is 0 Å². The van der Waals surface area contributed by atoms with Gasteiger partial charge in [0.2, 0.25) is 0 Å². The Kier molecular flexibility index (Phi) is 3.59. The lowest BCUT2D eigenvalue weighted by Gasteiger charge is -2.23. The lowest BCUT2D eigenvalue weighted by Crippen LogP contribution is -2.26. The highest BCUT2D eigenvalue weighted by atomic mass is 32.1. The van der Waals surface area contributed by atoms with Crippen LogP contribution in [0.5, 0.6) is 0 Å². The zero-order valence-electron chi connectivity index (χ0n) is 6.52. The van der Waals surface area contributed by atoms with Gasteiger partial charge in [-0.15, -0.1) is 0 Å². The summed E-state index contributed by atoms with van der Waals surface area (Å²) in [5, 5.41) is 0. The third-order valence-corrected chi connectivity index (χ3v) is 2.16. The van der Waals surface area contributed by atoms with Crippen molar-refractivity contribution in [3.63, 3.8) is 0 Å². The monoisotopic (exact) mass is 147 g/mol. The minimum atomic E-state index is 0.298. The van der Waals surface area contributed by atoms with Crippen molar-refractivity contribution in [2.45, 2.75) is 33.2 Å². The summed E-state index contributed by atoms with van der Waals surface area (Å²) >= 11 is 4.22. The summed E-state index contributed by atoms with van der Waals surface area (Å²) in [5.41, 5.74) is 5.92. The van der Waals surface area contributed by atoms with E-state index in [0.717, 1.165) is 12.2 Å². The van der Waals surface area contributed by atoms with E-state index in [1.54, 1.807) is 0 Å². The van der Waals surface area contributed by atoms with Crippen LogP contribution in [-0.2, 0) is 0 Å². The zero-order chi connectivity index (χ0) is 7.49. The maximum atomic E-state index is 5.62. The summed E-state index contributed by atoms with van der Waals surface area (Å²) in [4.78, 5) is 0. The molecule has 0 aliphatic heterocycles. The van der Waals surface area contributed by atoms with E-state index in [2.05, 4.69) is 26.5 Å². The predicted octanol–water partition coefficient (Wildman–Crippen LogP) is 1.68. The van der Waals surface area contributed by atoms with E-state index in [0.29, 0.717) is 11.5 Å². The first-order chi connectivity index (χ1) is 3.98. The molecule has 1 atom stereocenters. The molecule has 2 N–H and O–H groups in total. The summed E-state index contributed by atoms with van der Waals surface area (Å²) in [7, 11) is 0. The van der Waals surface area contributed by atoms with Crippen LogP contribution in [0.1, 0.15) is 27.2 Å². The fraction of sp³-hybridized carbons (Fsp3) is 1.00. The third kappa shape index (κ3) is 4.79. The Labute approximate surface area is 63.4 Å². The first-order valence-corrected chi connectivity index (χ1v) is 3.97. The first-order valence-electron chi connectivity index (χ1n) is 3.34. The molecule has 1 nitrogen and oxygen atoms in total. The molecule has 0 aliphatic rings. The van der Waals surface area contributed by atoms with Crippen LogP contribution in [0.25, 0.3) is 0 Å². The van der Waals surface area contributed by atoms with E-state index >= 15 is 0 Å². The highest BCUT2D eigenvalue weighted by Crippen LogP contribution is 2.22. The fourth-order valence-corrected chi connectivity index (χ4v) is 1.07. The highest BCUT2D eigenvalue weighted by molar-refractivity contribution is 7.80. The van der Waals surface area contributed by atoms with Gasteiger partial charge in [0.15, 0.2) is 0 Å². The number of nitrogens with two attached hydrogens (primary N) is 1. The van der Waals surface area contributed by atoms with Crippen molar-refractivity contribution >= 4 is 12.6 Å². The number of hydrogen-bond acceptors (Lipinski definition) is 2. The van der Waals surface area contributed by atoms with Gasteiger partial charge < -0.3 is 5.73 Å². The average molecular weight is 147 g/mol. The van der Waals surface area contributed by atoms with E-state index < -0.39 is 0 Å². The normalized spacial score (nSPS) is 15.7. The Morgan fingerprint density at radius 1 is 1.56 bits per heavy atom. The number of hydrogen-bond donors (Lipinski definition) is 2. The first kappa shape index (κ1) is 9.31. The van der Waals surface area contributed by atoms with Gasteiger partial charge in [-0.3, -0.25) is 0 Å². The van der Waals surface area contributed by atoms with Gasteiger partial charge in [0.25, 0.3) is 0 Å². The smallest absolute Gasteiger partial charge is 0.00158 e. The van der Waals surface area contributed by atoms with Crippen molar-refractivity contribution in [1.29, 1.82) is 0 Å². The summed E-state index contributed by atoms with van der Waals surface area (Å²) in [6.45, 7) is 6.40. The molecule has 0 heterocycles. The van der Waals surface area contributed by atoms with Crippen LogP contribution < -0.4 is 5.73 Å². The van der Waals surface area contributed by atoms with Gasteiger partial charge >= 0.3 is 0 Å². The molecule has 0 rings (SSSR count). The van der Waals surface area contributed by atoms with E-state index in [-0.39, 0.29) is 0 Å². The third-order valence-electron chi connectivity index (χ3n) is 1.30. The minimum Gasteiger partial charge on any atom is -0.328 e. The van der Waals surface area contributed by atoms with Crippen molar-refractivity contribution in [1.82, 2.24) is 0 Å². The molecular formula is C7H17NS. The molecule has 0 aliphatic carbocycles. The SMILES string of the molecule is CC(N)CC(C)(C)CS. The molecule has 0 aromatic rings. The van der Waals surface area contributed by atoms with E-state index in [1.165, 1.54) is 0 Å². The van der Waals surface area contributed by atoms with Gasteiger partial charge in [0.05, 0.1) is 0 Å². The quantitative estimate of drug-likeness (QED) is 0.584. The highest BCUT2D eigenvalue weighted by Gasteiger charge is 2.16. The van der Waals surface area contributed by atoms with Crippen LogP contribution in [0.15, 0.2) is 0 Å². The molecule has 0 radical (unpaired) electrons. The molecular weight excluding hydrogens is 130 g/mol. The molecule has 56 valence electrons. The molecule has 0 bridgehead atoms. The van der Waals surface area contributed by atoms with Crippen LogP contribution >= 0.6 is 12.6 Å². The Hall–Kier alpha value is 0.310. The lowest BCUT2D eigenvalue weighted by molar-refractivity contribution is 0.358. The zero-order valence-corrected chi connectivity index (χ0v) is 7.41. The number of rotatable bonds is 3. The largest absolute Gasteiger partial charge is 0.328 e. The van der Waals surface area contributed by atoms with Crippen LogP contribution in [0.3, 0.4) is 0 Å². The van der Waals surface area contributed by atoms with Gasteiger partial charge in [0, 0.05) is 6.04 Å². The average Bonchev–Trinajstić information content (AvgIpc) is 1.63. The van der Waals surface area contributed by atoms with Crippen molar-refractivity contribution in [2.75, 3.05) is 5.75 Å². The Bertz CT molecular complexity index is 79.0. The second-order valence-electron chi connectivity index (χ2n) is 3.50. The fourth-order valence-electron chi connectivity index (χ4n) is 0.936. The van der Waals surface area contributed by atoms with Crippen molar-refractivity contribution in [3.8, 4) is 0 Å². The van der Waals surface area contributed by atoms with Crippen molar-refractivity contribution in [3.05, 3.63) is 0 Å². The second kappa shape index (κ2) is 3.47.